The van der Waals surface area contributed by atoms with E-state index in [9.17, 15) is 0 Å². The van der Waals surface area contributed by atoms with Gasteiger partial charge in [-0.15, -0.1) is 0 Å². The number of hydrogen-bond acceptors (Lipinski definition) is 2. The summed E-state index contributed by atoms with van der Waals surface area (Å²) < 4.78 is 0. The molecule has 0 aromatic rings. The minimum Gasteiger partial charge on any atom is -0.328 e. The van der Waals surface area contributed by atoms with Crippen LogP contribution < -0.4 is 5.73 Å². The van der Waals surface area contributed by atoms with Crippen molar-refractivity contribution >= 4 is 0 Å². The van der Waals surface area contributed by atoms with Gasteiger partial charge < -0.3 is 10.6 Å². The third kappa shape index (κ3) is 3.71. The Kier molecular flexibility index (Phi) is 4.71. The molecule has 0 amide bonds. The van der Waals surface area contributed by atoms with Gasteiger partial charge in [0, 0.05) is 12.1 Å². The van der Waals surface area contributed by atoms with Gasteiger partial charge in [-0.25, -0.2) is 0 Å². The second-order valence-corrected chi connectivity index (χ2v) is 7.60. The molecule has 2 fully saturated rings. The monoisotopic (exact) mass is 252 g/mol. The van der Waals surface area contributed by atoms with E-state index in [1.165, 1.54) is 58.0 Å². The number of likely N-dealkylation sites (tertiary alicyclic amines) is 1. The van der Waals surface area contributed by atoms with Gasteiger partial charge in [0.25, 0.3) is 0 Å². The molecule has 2 unspecified atom stereocenters. The van der Waals surface area contributed by atoms with Crippen molar-refractivity contribution in [2.24, 2.45) is 17.1 Å². The second kappa shape index (κ2) is 5.92. The van der Waals surface area contributed by atoms with Crippen LogP contribution in [0.2, 0.25) is 0 Å². The first kappa shape index (κ1) is 14.3. The summed E-state index contributed by atoms with van der Waals surface area (Å²) in [5.41, 5.74) is 6.51. The van der Waals surface area contributed by atoms with E-state index in [4.69, 9.17) is 5.73 Å². The van der Waals surface area contributed by atoms with Gasteiger partial charge >= 0.3 is 0 Å². The van der Waals surface area contributed by atoms with Gasteiger partial charge in [-0.3, -0.25) is 0 Å². The summed E-state index contributed by atoms with van der Waals surface area (Å²) in [4.78, 5) is 2.73. The fraction of sp³-hybridized carbons (Fsp3) is 1.00. The number of piperidine rings is 1. The van der Waals surface area contributed by atoms with Crippen molar-refractivity contribution in [3.63, 3.8) is 0 Å². The first-order chi connectivity index (χ1) is 8.47. The van der Waals surface area contributed by atoms with Crippen LogP contribution in [0.5, 0.6) is 0 Å². The highest BCUT2D eigenvalue weighted by molar-refractivity contribution is 4.85. The zero-order valence-corrected chi connectivity index (χ0v) is 12.6. The molecule has 1 heterocycles. The smallest absolute Gasteiger partial charge is 0.00953 e. The summed E-state index contributed by atoms with van der Waals surface area (Å²) in [7, 11) is 0. The molecule has 106 valence electrons. The lowest BCUT2D eigenvalue weighted by Gasteiger charge is -2.36. The van der Waals surface area contributed by atoms with Crippen LogP contribution in [-0.2, 0) is 0 Å². The van der Waals surface area contributed by atoms with Crippen molar-refractivity contribution in [3.8, 4) is 0 Å². The minimum atomic E-state index is 0.467. The SMILES string of the molecule is CC(C)(C)C1CCCC(N2CCC(N)CC2)CC1. The van der Waals surface area contributed by atoms with E-state index in [-0.39, 0.29) is 0 Å². The van der Waals surface area contributed by atoms with Crippen LogP contribution in [0.3, 0.4) is 0 Å². The number of nitrogens with two attached hydrogens (primary N) is 1. The normalized spacial score (nSPS) is 33.3. The molecule has 1 saturated carbocycles. The maximum atomic E-state index is 6.01. The summed E-state index contributed by atoms with van der Waals surface area (Å²) in [6.07, 6.45) is 9.54. The fourth-order valence-corrected chi connectivity index (χ4v) is 3.80. The van der Waals surface area contributed by atoms with Crippen LogP contribution in [0.4, 0.5) is 0 Å². The van der Waals surface area contributed by atoms with E-state index in [0.29, 0.717) is 11.5 Å². The maximum absolute atomic E-state index is 6.01. The summed E-state index contributed by atoms with van der Waals surface area (Å²) in [6, 6.07) is 1.32. The van der Waals surface area contributed by atoms with Crippen LogP contribution in [0.1, 0.15) is 65.7 Å². The topological polar surface area (TPSA) is 29.3 Å². The largest absolute Gasteiger partial charge is 0.328 e. The molecule has 2 nitrogen and oxygen atoms in total. The van der Waals surface area contributed by atoms with Crippen molar-refractivity contribution < 1.29 is 0 Å². The molecule has 0 bridgehead atoms. The molecule has 1 saturated heterocycles. The Morgan fingerprint density at radius 3 is 2.17 bits per heavy atom. The van der Waals surface area contributed by atoms with E-state index >= 15 is 0 Å². The maximum Gasteiger partial charge on any atom is 0.00953 e. The Hall–Kier alpha value is -0.0800. The van der Waals surface area contributed by atoms with Crippen molar-refractivity contribution in [2.45, 2.75) is 77.8 Å². The predicted molar refractivity (Wildman–Crippen MR) is 78.6 cm³/mol. The van der Waals surface area contributed by atoms with E-state index < -0.39 is 0 Å². The van der Waals surface area contributed by atoms with Crippen molar-refractivity contribution in [2.75, 3.05) is 13.1 Å². The van der Waals surface area contributed by atoms with Gasteiger partial charge in [0.05, 0.1) is 0 Å². The predicted octanol–water partition coefficient (Wildman–Crippen LogP) is 3.40. The summed E-state index contributed by atoms with van der Waals surface area (Å²) in [5.74, 6) is 0.926. The Morgan fingerprint density at radius 1 is 0.889 bits per heavy atom. The van der Waals surface area contributed by atoms with Crippen molar-refractivity contribution in [1.29, 1.82) is 0 Å². The summed E-state index contributed by atoms with van der Waals surface area (Å²) in [5, 5.41) is 0. The van der Waals surface area contributed by atoms with Gasteiger partial charge in [0.1, 0.15) is 0 Å². The average Bonchev–Trinajstić information content (AvgIpc) is 2.55. The van der Waals surface area contributed by atoms with Gasteiger partial charge in [0.2, 0.25) is 0 Å². The highest BCUT2D eigenvalue weighted by atomic mass is 15.2. The highest BCUT2D eigenvalue weighted by Gasteiger charge is 2.30. The lowest BCUT2D eigenvalue weighted by molar-refractivity contribution is 0.135. The summed E-state index contributed by atoms with van der Waals surface area (Å²) in [6.45, 7) is 9.73. The van der Waals surface area contributed by atoms with Crippen LogP contribution in [0, 0.1) is 11.3 Å². The zero-order chi connectivity index (χ0) is 13.2. The number of hydrogen-bond donors (Lipinski definition) is 1. The van der Waals surface area contributed by atoms with Gasteiger partial charge in [-0.1, -0.05) is 27.2 Å². The zero-order valence-electron chi connectivity index (χ0n) is 12.6. The number of rotatable bonds is 1. The Labute approximate surface area is 113 Å². The van der Waals surface area contributed by atoms with Crippen LogP contribution in [0.25, 0.3) is 0 Å². The average molecular weight is 252 g/mol. The number of nitrogens with zero attached hydrogens (tertiary/aromatic N) is 1. The molecule has 0 aromatic carbocycles. The molecule has 2 N–H and O–H groups in total. The standard InChI is InChI=1S/C16H32N2/c1-16(2,3)13-5-4-6-15(8-7-13)18-11-9-14(17)10-12-18/h13-15H,4-12,17H2,1-3H3. The molecule has 18 heavy (non-hydrogen) atoms. The third-order valence-corrected chi connectivity index (χ3v) is 5.25. The molecular formula is C16H32N2. The molecule has 2 aliphatic rings. The molecule has 0 radical (unpaired) electrons. The lowest BCUT2D eigenvalue weighted by atomic mass is 9.76. The molecular weight excluding hydrogens is 220 g/mol. The molecule has 1 aliphatic carbocycles. The van der Waals surface area contributed by atoms with Gasteiger partial charge in [-0.05, 0) is 62.9 Å². The van der Waals surface area contributed by atoms with Crippen LogP contribution in [-0.4, -0.2) is 30.1 Å². The Balaban J connectivity index is 1.85. The van der Waals surface area contributed by atoms with Gasteiger partial charge in [-0.2, -0.15) is 0 Å². The van der Waals surface area contributed by atoms with Crippen LogP contribution >= 0.6 is 0 Å². The van der Waals surface area contributed by atoms with E-state index in [1.54, 1.807) is 0 Å². The molecule has 0 aromatic heterocycles. The van der Waals surface area contributed by atoms with Crippen molar-refractivity contribution in [1.82, 2.24) is 4.90 Å². The van der Waals surface area contributed by atoms with Gasteiger partial charge in [0.15, 0.2) is 0 Å². The Bertz CT molecular complexity index is 248. The van der Waals surface area contributed by atoms with E-state index in [2.05, 4.69) is 25.7 Å². The molecule has 2 heteroatoms. The fourth-order valence-electron chi connectivity index (χ4n) is 3.80. The molecule has 2 atom stereocenters. The summed E-state index contributed by atoms with van der Waals surface area (Å²) >= 11 is 0. The first-order valence-electron chi connectivity index (χ1n) is 7.96. The molecule has 2 rings (SSSR count). The third-order valence-electron chi connectivity index (χ3n) is 5.25. The van der Waals surface area contributed by atoms with E-state index in [0.717, 1.165) is 12.0 Å². The second-order valence-electron chi connectivity index (χ2n) is 7.60. The van der Waals surface area contributed by atoms with Crippen LogP contribution in [0.15, 0.2) is 0 Å². The van der Waals surface area contributed by atoms with Crippen molar-refractivity contribution in [3.05, 3.63) is 0 Å². The highest BCUT2D eigenvalue weighted by Crippen LogP contribution is 2.38. The molecule has 1 aliphatic heterocycles. The Morgan fingerprint density at radius 2 is 1.56 bits per heavy atom. The van der Waals surface area contributed by atoms with E-state index in [1.807, 2.05) is 0 Å². The first-order valence-corrected chi connectivity index (χ1v) is 7.96. The molecule has 0 spiro atoms. The minimum absolute atomic E-state index is 0.467. The lowest BCUT2D eigenvalue weighted by Crippen LogP contribution is -2.44. The quantitative estimate of drug-likeness (QED) is 0.725.